The summed E-state index contributed by atoms with van der Waals surface area (Å²) in [6, 6.07) is 0. The Hall–Kier alpha value is -2.21. The van der Waals surface area contributed by atoms with E-state index < -0.39 is 16.3 Å². The van der Waals surface area contributed by atoms with Crippen LogP contribution in [0, 0.1) is 0 Å². The molecule has 1 amide bonds. The smallest absolute Gasteiger partial charge is 0.422 e. The average Bonchev–Trinajstić information content (AvgIpc) is 2.72. The summed E-state index contributed by atoms with van der Waals surface area (Å²) in [5, 5.41) is 7.54. The molecule has 0 aromatic carbocycles. The van der Waals surface area contributed by atoms with Crippen LogP contribution in [0.4, 0.5) is 10.6 Å². The van der Waals surface area contributed by atoms with Crippen molar-refractivity contribution in [2.24, 2.45) is 12.2 Å². The third-order valence-electron chi connectivity index (χ3n) is 2.62. The van der Waals surface area contributed by atoms with Gasteiger partial charge in [0.25, 0.3) is 5.90 Å². The molecule has 1 aliphatic rings. The quantitative estimate of drug-likeness (QED) is 0.775. The predicted molar refractivity (Wildman–Crippen MR) is 79.3 cm³/mol. The van der Waals surface area contributed by atoms with Crippen molar-refractivity contribution in [3.05, 3.63) is 10.7 Å². The van der Waals surface area contributed by atoms with Gasteiger partial charge in [-0.15, -0.1) is 0 Å². The minimum Gasteiger partial charge on any atom is -0.468 e. The number of oxime groups is 1. The number of carbonyl (C=O) groups is 1. The van der Waals surface area contributed by atoms with Crippen LogP contribution in [0.15, 0.2) is 5.16 Å². The lowest BCUT2D eigenvalue weighted by Gasteiger charge is -2.20. The fraction of sp³-hybridized carbons (Fsp3) is 0.500. The molecule has 1 aromatic rings. The highest BCUT2D eigenvalue weighted by atomic mass is 35.5. The maximum Gasteiger partial charge on any atom is 0.422 e. The van der Waals surface area contributed by atoms with Crippen molar-refractivity contribution >= 4 is 39.6 Å². The molecule has 11 nitrogen and oxygen atoms in total. The van der Waals surface area contributed by atoms with Crippen LogP contribution >= 0.6 is 11.6 Å². The number of aryl methyl sites for hydroxylation is 1. The Morgan fingerprint density at radius 2 is 2.22 bits per heavy atom. The second kappa shape index (κ2) is 6.50. The van der Waals surface area contributed by atoms with Crippen LogP contribution in [-0.2, 0) is 31.6 Å². The molecule has 0 saturated carbocycles. The van der Waals surface area contributed by atoms with Gasteiger partial charge in [0.2, 0.25) is 0 Å². The zero-order valence-electron chi connectivity index (χ0n) is 12.4. The summed E-state index contributed by atoms with van der Waals surface area (Å²) in [5.41, 5.74) is 0.0796. The first-order valence-corrected chi connectivity index (χ1v) is 8.07. The summed E-state index contributed by atoms with van der Waals surface area (Å²) < 4.78 is 38.4. The van der Waals surface area contributed by atoms with Crippen LogP contribution in [0.3, 0.4) is 0 Å². The van der Waals surface area contributed by atoms with Crippen molar-refractivity contribution < 1.29 is 27.5 Å². The summed E-state index contributed by atoms with van der Waals surface area (Å²) >= 11 is 6.00. The molecule has 2 heterocycles. The number of ether oxygens (including phenoxy) is 2. The number of halogens is 1. The number of hydrogen-bond donors (Lipinski definition) is 2. The van der Waals surface area contributed by atoms with Gasteiger partial charge in [0, 0.05) is 7.05 Å². The van der Waals surface area contributed by atoms with Crippen molar-refractivity contribution in [2.45, 2.75) is 13.0 Å². The third-order valence-corrected chi connectivity index (χ3v) is 3.78. The summed E-state index contributed by atoms with van der Waals surface area (Å²) in [6.07, 6.45) is -1.47. The number of methoxy groups -OCH3 is 1. The fourth-order valence-corrected chi connectivity index (χ4v) is 2.78. The second-order valence-corrected chi connectivity index (χ2v) is 6.23. The molecular weight excluding hydrogens is 354 g/mol. The van der Waals surface area contributed by atoms with Crippen LogP contribution in [0.25, 0.3) is 0 Å². The molecule has 1 atom stereocenters. The van der Waals surface area contributed by atoms with E-state index in [0.717, 1.165) is 11.8 Å². The summed E-state index contributed by atoms with van der Waals surface area (Å²) in [7, 11) is -1.80. The number of amides is 1. The number of nitrogens with one attached hydrogen (secondary N) is 2. The van der Waals surface area contributed by atoms with E-state index >= 15 is 0 Å². The Balaban J connectivity index is 2.36. The highest BCUT2D eigenvalue weighted by Crippen LogP contribution is 2.27. The Bertz CT molecular complexity index is 745. The molecule has 2 rings (SSSR count). The molecule has 0 saturated heterocycles. The number of anilines is 1. The Labute approximate surface area is 136 Å². The number of rotatable bonds is 4. The number of nitrogens with zero attached hydrogens (tertiary/aromatic N) is 3. The number of hydrogen-bond acceptors (Lipinski definition) is 8. The molecule has 2 N–H and O–H groups in total. The second-order valence-electron chi connectivity index (χ2n) is 4.46. The fourth-order valence-electron chi connectivity index (χ4n) is 1.65. The number of carbonyl (C=O) groups excluding carboxylic acids is 1. The van der Waals surface area contributed by atoms with E-state index in [2.05, 4.69) is 19.7 Å². The van der Waals surface area contributed by atoms with Gasteiger partial charge in [0.05, 0.1) is 7.11 Å². The highest BCUT2D eigenvalue weighted by molar-refractivity contribution is 7.91. The zero-order valence-corrected chi connectivity index (χ0v) is 13.9. The van der Waals surface area contributed by atoms with Gasteiger partial charge in [-0.25, -0.2) is 18.9 Å². The van der Waals surface area contributed by atoms with Crippen LogP contribution in [-0.4, -0.2) is 50.0 Å². The summed E-state index contributed by atoms with van der Waals surface area (Å²) in [5.74, 6) is -0.0968. The molecule has 23 heavy (non-hydrogen) atoms. The van der Waals surface area contributed by atoms with Gasteiger partial charge >= 0.3 is 16.3 Å². The van der Waals surface area contributed by atoms with Gasteiger partial charge in [0.1, 0.15) is 11.7 Å². The lowest BCUT2D eigenvalue weighted by atomic mass is 10.3. The molecule has 1 aromatic heterocycles. The number of aromatic nitrogens is 2. The maximum absolute atomic E-state index is 11.9. The molecule has 0 radical (unpaired) electrons. The minimum absolute atomic E-state index is 0.0300. The first kappa shape index (κ1) is 17.1. The first-order valence-electron chi connectivity index (χ1n) is 6.21. The topological polar surface area (TPSA) is 133 Å². The van der Waals surface area contributed by atoms with Crippen LogP contribution in [0.2, 0.25) is 5.15 Å². The van der Waals surface area contributed by atoms with E-state index in [4.69, 9.17) is 21.2 Å². The zero-order chi connectivity index (χ0) is 17.2. The van der Waals surface area contributed by atoms with E-state index in [9.17, 15) is 13.2 Å². The van der Waals surface area contributed by atoms with E-state index in [0.29, 0.717) is 0 Å². The SMILES string of the molecule is COC(=O)NS(=O)(=O)Nc1c(C2=NOCC(C)O2)c(Cl)nn1C. The van der Waals surface area contributed by atoms with E-state index in [1.807, 2.05) is 0 Å². The van der Waals surface area contributed by atoms with Gasteiger partial charge in [-0.3, -0.25) is 0 Å². The normalized spacial score (nSPS) is 17.6. The van der Waals surface area contributed by atoms with Gasteiger partial charge in [0.15, 0.2) is 17.6 Å². The van der Waals surface area contributed by atoms with Crippen molar-refractivity contribution in [1.82, 2.24) is 14.5 Å². The maximum atomic E-state index is 11.9. The van der Waals surface area contributed by atoms with E-state index in [1.165, 1.54) is 7.05 Å². The van der Waals surface area contributed by atoms with Gasteiger partial charge < -0.3 is 14.3 Å². The third kappa shape index (κ3) is 3.96. The molecule has 0 bridgehead atoms. The molecule has 0 fully saturated rings. The lowest BCUT2D eigenvalue weighted by Crippen LogP contribution is -2.36. The van der Waals surface area contributed by atoms with Crippen LogP contribution < -0.4 is 9.44 Å². The van der Waals surface area contributed by atoms with Gasteiger partial charge in [-0.2, -0.15) is 13.5 Å². The highest BCUT2D eigenvalue weighted by Gasteiger charge is 2.29. The molecule has 128 valence electrons. The van der Waals surface area contributed by atoms with Crippen molar-refractivity contribution in [3.63, 3.8) is 0 Å². The molecule has 1 aliphatic heterocycles. The predicted octanol–water partition coefficient (Wildman–Crippen LogP) is 0.183. The van der Waals surface area contributed by atoms with E-state index in [1.54, 1.807) is 11.6 Å². The molecule has 1 unspecified atom stereocenters. The molecular formula is C10H14ClN5O6S. The van der Waals surface area contributed by atoms with E-state index in [-0.39, 0.29) is 35.1 Å². The van der Waals surface area contributed by atoms with Gasteiger partial charge in [-0.05, 0) is 12.1 Å². The van der Waals surface area contributed by atoms with Gasteiger partial charge in [-0.1, -0.05) is 11.6 Å². The minimum atomic E-state index is -4.28. The largest absolute Gasteiger partial charge is 0.468 e. The Kier molecular flexibility index (Phi) is 4.85. The first-order chi connectivity index (χ1) is 10.7. The van der Waals surface area contributed by atoms with Crippen molar-refractivity contribution in [1.29, 1.82) is 0 Å². The summed E-state index contributed by atoms with van der Waals surface area (Å²) in [4.78, 5) is 16.0. The Morgan fingerprint density at radius 1 is 1.52 bits per heavy atom. The van der Waals surface area contributed by atoms with Crippen LogP contribution in [0.1, 0.15) is 12.5 Å². The Morgan fingerprint density at radius 3 is 2.83 bits per heavy atom. The van der Waals surface area contributed by atoms with Crippen molar-refractivity contribution in [3.8, 4) is 0 Å². The average molecular weight is 368 g/mol. The van der Waals surface area contributed by atoms with Crippen molar-refractivity contribution in [2.75, 3.05) is 18.4 Å². The van der Waals surface area contributed by atoms with Crippen LogP contribution in [0.5, 0.6) is 0 Å². The molecule has 0 aliphatic carbocycles. The monoisotopic (exact) mass is 367 g/mol. The lowest BCUT2D eigenvalue weighted by molar-refractivity contribution is 0.0197. The summed E-state index contributed by atoms with van der Waals surface area (Å²) in [6.45, 7) is 1.98. The molecule has 13 heteroatoms. The standard InChI is InChI=1S/C10H14ClN5O6S/c1-5-4-21-13-9(22-5)6-7(11)12-16(2)8(6)14-23(18,19)15-10(17)20-3/h5,14H,4H2,1-3H3,(H,15,17). The molecule has 0 spiro atoms.